The monoisotopic (exact) mass is 530 g/mol. The van der Waals surface area contributed by atoms with Gasteiger partial charge in [-0.15, -0.1) is 11.3 Å². The molecule has 38 heavy (non-hydrogen) atoms. The molecule has 4 aromatic rings. The predicted octanol–water partition coefficient (Wildman–Crippen LogP) is 6.17. The first-order chi connectivity index (χ1) is 18.1. The lowest BCUT2D eigenvalue weighted by Gasteiger charge is -2.25. The fourth-order valence-electron chi connectivity index (χ4n) is 4.00. The van der Waals surface area contributed by atoms with Crippen LogP contribution >= 0.6 is 11.3 Å². The SMILES string of the molecule is COc1ccccc1NC(=O)C(N=Nc1ccc(-c2nc3ccc(C)c(C[N+](C)(C)C)c3s2)cc1)C(C)=O. The highest BCUT2D eigenvalue weighted by molar-refractivity contribution is 7.21. The summed E-state index contributed by atoms with van der Waals surface area (Å²) in [5, 5.41) is 11.8. The number of para-hydroxylation sites is 2. The van der Waals surface area contributed by atoms with E-state index in [1.165, 1.54) is 29.9 Å². The minimum atomic E-state index is -1.27. The van der Waals surface area contributed by atoms with Crippen molar-refractivity contribution in [2.75, 3.05) is 33.6 Å². The number of nitrogens with zero attached hydrogens (tertiary/aromatic N) is 4. The summed E-state index contributed by atoms with van der Waals surface area (Å²) in [6, 6.07) is 17.4. The number of carbonyl (C=O) groups is 2. The van der Waals surface area contributed by atoms with E-state index in [4.69, 9.17) is 9.72 Å². The lowest BCUT2D eigenvalue weighted by molar-refractivity contribution is -0.883. The number of fused-ring (bicyclic) bond motifs is 1. The highest BCUT2D eigenvalue weighted by atomic mass is 32.1. The van der Waals surface area contributed by atoms with Crippen molar-refractivity contribution in [2.45, 2.75) is 26.4 Å². The Balaban J connectivity index is 1.53. The molecule has 196 valence electrons. The number of anilines is 1. The maximum Gasteiger partial charge on any atom is 0.258 e. The van der Waals surface area contributed by atoms with Gasteiger partial charge in [0.1, 0.15) is 17.3 Å². The van der Waals surface area contributed by atoms with Crippen LogP contribution < -0.4 is 10.1 Å². The number of aromatic nitrogens is 1. The molecule has 1 unspecified atom stereocenters. The normalized spacial score (nSPS) is 12.6. The number of benzene rings is 3. The Kier molecular flexibility index (Phi) is 7.99. The second-order valence-electron chi connectivity index (χ2n) is 10.1. The minimum absolute atomic E-state index is 0.410. The lowest BCUT2D eigenvalue weighted by atomic mass is 10.1. The largest absolute Gasteiger partial charge is 0.495 e. The molecule has 1 atom stereocenters. The fourth-order valence-corrected chi connectivity index (χ4v) is 5.16. The zero-order valence-electron chi connectivity index (χ0n) is 22.5. The van der Waals surface area contributed by atoms with Crippen LogP contribution in [0.1, 0.15) is 18.1 Å². The molecule has 1 N–H and O–H groups in total. The van der Waals surface area contributed by atoms with Gasteiger partial charge < -0.3 is 14.5 Å². The Morgan fingerprint density at radius 1 is 1.05 bits per heavy atom. The summed E-state index contributed by atoms with van der Waals surface area (Å²) in [7, 11) is 8.07. The first-order valence-corrected chi connectivity index (χ1v) is 13.0. The summed E-state index contributed by atoms with van der Waals surface area (Å²) in [5.74, 6) is -0.491. The predicted molar refractivity (Wildman–Crippen MR) is 152 cm³/mol. The molecule has 0 aliphatic heterocycles. The molecule has 1 aromatic heterocycles. The third kappa shape index (κ3) is 6.30. The third-order valence-electron chi connectivity index (χ3n) is 5.93. The van der Waals surface area contributed by atoms with Gasteiger partial charge in [0.2, 0.25) is 6.04 Å². The van der Waals surface area contributed by atoms with Crippen LogP contribution in [0.25, 0.3) is 20.8 Å². The number of quaternary nitrogens is 1. The highest BCUT2D eigenvalue weighted by Crippen LogP contribution is 2.35. The van der Waals surface area contributed by atoms with Crippen LogP contribution in [0.15, 0.2) is 70.9 Å². The van der Waals surface area contributed by atoms with Crippen molar-refractivity contribution in [1.29, 1.82) is 0 Å². The molecule has 0 saturated heterocycles. The number of thiazole rings is 1. The summed E-state index contributed by atoms with van der Waals surface area (Å²) >= 11 is 1.68. The average molecular weight is 531 g/mol. The molecule has 0 fully saturated rings. The number of amides is 1. The number of aryl methyl sites for hydroxylation is 1. The molecule has 1 heterocycles. The van der Waals surface area contributed by atoms with E-state index >= 15 is 0 Å². The highest BCUT2D eigenvalue weighted by Gasteiger charge is 2.24. The van der Waals surface area contributed by atoms with E-state index in [2.05, 4.69) is 55.7 Å². The van der Waals surface area contributed by atoms with Gasteiger partial charge in [-0.1, -0.05) is 18.2 Å². The van der Waals surface area contributed by atoms with Crippen molar-refractivity contribution in [2.24, 2.45) is 10.2 Å². The average Bonchev–Trinajstić information content (AvgIpc) is 3.30. The minimum Gasteiger partial charge on any atom is -0.495 e. The first-order valence-electron chi connectivity index (χ1n) is 12.2. The van der Waals surface area contributed by atoms with Gasteiger partial charge in [0.05, 0.1) is 49.8 Å². The van der Waals surface area contributed by atoms with E-state index in [1.54, 1.807) is 47.7 Å². The summed E-state index contributed by atoms with van der Waals surface area (Å²) in [6.45, 7) is 4.39. The summed E-state index contributed by atoms with van der Waals surface area (Å²) in [5.41, 5.74) is 5.55. The van der Waals surface area contributed by atoms with E-state index in [1.807, 2.05) is 12.1 Å². The van der Waals surface area contributed by atoms with Gasteiger partial charge in [0.25, 0.3) is 5.91 Å². The van der Waals surface area contributed by atoms with E-state index in [-0.39, 0.29) is 0 Å². The molecule has 8 nitrogen and oxygen atoms in total. The number of rotatable bonds is 9. The molecular formula is C29H32N5O3S+. The van der Waals surface area contributed by atoms with Crippen LogP contribution in [0.3, 0.4) is 0 Å². The zero-order valence-corrected chi connectivity index (χ0v) is 23.3. The van der Waals surface area contributed by atoms with Crippen LogP contribution in [0, 0.1) is 6.92 Å². The zero-order chi connectivity index (χ0) is 27.4. The first kappa shape index (κ1) is 27.1. The van der Waals surface area contributed by atoms with Crippen LogP contribution in [-0.4, -0.2) is 55.5 Å². The number of azo groups is 1. The molecule has 0 radical (unpaired) electrons. The van der Waals surface area contributed by atoms with Gasteiger partial charge in [0, 0.05) is 11.1 Å². The van der Waals surface area contributed by atoms with Crippen LogP contribution in [0.5, 0.6) is 5.75 Å². The second-order valence-corrected chi connectivity index (χ2v) is 11.1. The van der Waals surface area contributed by atoms with Crippen molar-refractivity contribution in [3.8, 4) is 16.3 Å². The number of ether oxygens (including phenoxy) is 1. The van der Waals surface area contributed by atoms with Crippen LogP contribution in [0.4, 0.5) is 11.4 Å². The summed E-state index contributed by atoms with van der Waals surface area (Å²) < 4.78 is 7.31. The van der Waals surface area contributed by atoms with Gasteiger partial charge in [-0.05, 0) is 61.9 Å². The number of Topliss-reactive ketones (excluding diaryl/α,β-unsaturated/α-hetero) is 1. The number of methoxy groups -OCH3 is 1. The van der Waals surface area contributed by atoms with Gasteiger partial charge in [-0.25, -0.2) is 4.98 Å². The summed E-state index contributed by atoms with van der Waals surface area (Å²) in [4.78, 5) is 29.8. The van der Waals surface area contributed by atoms with Crippen molar-refractivity contribution >= 4 is 44.6 Å². The molecule has 1 amide bonds. The van der Waals surface area contributed by atoms with Gasteiger partial charge in [-0.2, -0.15) is 10.2 Å². The Bertz CT molecular complexity index is 1500. The van der Waals surface area contributed by atoms with E-state index < -0.39 is 17.7 Å². The molecule has 0 spiro atoms. The number of hydrogen-bond donors (Lipinski definition) is 1. The number of carbonyl (C=O) groups excluding carboxylic acids is 2. The molecule has 3 aromatic carbocycles. The number of nitrogens with one attached hydrogen (secondary N) is 1. The van der Waals surface area contributed by atoms with Gasteiger partial charge in [-0.3, -0.25) is 9.59 Å². The Morgan fingerprint density at radius 3 is 2.42 bits per heavy atom. The molecule has 0 bridgehead atoms. The van der Waals surface area contributed by atoms with Gasteiger partial charge >= 0.3 is 0 Å². The molecule has 4 rings (SSSR count). The maximum absolute atomic E-state index is 12.8. The van der Waals surface area contributed by atoms with Crippen LogP contribution in [-0.2, 0) is 16.1 Å². The quantitative estimate of drug-likeness (QED) is 0.159. The number of ketones is 1. The molecule has 0 aliphatic carbocycles. The molecule has 0 saturated carbocycles. The van der Waals surface area contributed by atoms with E-state index in [9.17, 15) is 9.59 Å². The van der Waals surface area contributed by atoms with Crippen LogP contribution in [0.2, 0.25) is 0 Å². The Hall–Kier alpha value is -3.95. The van der Waals surface area contributed by atoms with Gasteiger partial charge in [0.15, 0.2) is 5.78 Å². The van der Waals surface area contributed by atoms with Crippen molar-refractivity contribution in [3.05, 3.63) is 71.8 Å². The molecule has 9 heteroatoms. The number of hydrogen-bond acceptors (Lipinski definition) is 7. The van der Waals surface area contributed by atoms with E-state index in [0.717, 1.165) is 27.1 Å². The van der Waals surface area contributed by atoms with E-state index in [0.29, 0.717) is 17.1 Å². The smallest absolute Gasteiger partial charge is 0.258 e. The lowest BCUT2D eigenvalue weighted by Crippen LogP contribution is -2.33. The fraction of sp³-hybridized carbons (Fsp3) is 0.276. The maximum atomic E-state index is 12.8. The summed E-state index contributed by atoms with van der Waals surface area (Å²) in [6.07, 6.45) is 0. The third-order valence-corrected chi connectivity index (χ3v) is 7.11. The molecule has 0 aliphatic rings. The Labute approximate surface area is 226 Å². The van der Waals surface area contributed by atoms with Crippen molar-refractivity contribution < 1.29 is 18.8 Å². The standard InChI is InChI=1S/C29H31N5O3S/c1-18-11-16-24-27(22(18)17-34(3,4)5)38-29(31-24)20-12-14-21(15-13-20)32-33-26(19(2)35)28(36)30-23-9-7-8-10-25(23)37-6/h7-16,26H,17H2,1-6H3/p+1. The molecular weight excluding hydrogens is 498 g/mol. The topological polar surface area (TPSA) is 93.0 Å². The second kappa shape index (κ2) is 11.2. The van der Waals surface area contributed by atoms with Crippen molar-refractivity contribution in [3.63, 3.8) is 0 Å². The Morgan fingerprint density at radius 2 is 1.76 bits per heavy atom. The van der Waals surface area contributed by atoms with Crippen molar-refractivity contribution in [1.82, 2.24) is 4.98 Å².